The number of carbonyl (C=O) groups is 1. The monoisotopic (exact) mass is 528 g/mol. The lowest BCUT2D eigenvalue weighted by Crippen LogP contribution is -2.38. The fourth-order valence-corrected chi connectivity index (χ4v) is 8.82. The van der Waals surface area contributed by atoms with Gasteiger partial charge in [-0.3, -0.25) is 10.1 Å². The molecule has 0 radical (unpaired) electrons. The summed E-state index contributed by atoms with van der Waals surface area (Å²) in [5, 5.41) is 10.1. The molecule has 0 spiro atoms. The van der Waals surface area contributed by atoms with Crippen LogP contribution in [0.5, 0.6) is 0 Å². The number of para-hydroxylation sites is 2. The van der Waals surface area contributed by atoms with Crippen LogP contribution in [-0.2, 0) is 0 Å². The van der Waals surface area contributed by atoms with E-state index in [4.69, 9.17) is 5.73 Å². The van der Waals surface area contributed by atoms with E-state index in [1.807, 2.05) is 79.9 Å². The highest BCUT2D eigenvalue weighted by Gasteiger charge is 2.50. The smallest absolute Gasteiger partial charge is 0.258 e. The maximum absolute atomic E-state index is 13.8. The minimum atomic E-state index is -2.57. The molecule has 0 aliphatic rings. The second-order valence-corrected chi connectivity index (χ2v) is 12.6. The first-order chi connectivity index (χ1) is 19.1. The fourth-order valence-electron chi connectivity index (χ4n) is 4.70. The number of hydrogen-bond donors (Lipinski definition) is 3. The summed E-state index contributed by atoms with van der Waals surface area (Å²) in [5.41, 5.74) is 10.2. The molecule has 0 aliphatic heterocycles. The van der Waals surface area contributed by atoms with Gasteiger partial charge < -0.3 is 11.1 Å². The molecule has 0 saturated carbocycles. The number of amides is 1. The summed E-state index contributed by atoms with van der Waals surface area (Å²) in [7, 11) is -2.57. The summed E-state index contributed by atoms with van der Waals surface area (Å²) in [6, 6.07) is 46.5. The number of anilines is 2. The zero-order chi connectivity index (χ0) is 27.1. The molecule has 5 rings (SSSR count). The van der Waals surface area contributed by atoms with Crippen molar-refractivity contribution in [1.29, 1.82) is 0 Å². The third-order valence-corrected chi connectivity index (χ3v) is 10.9. The van der Waals surface area contributed by atoms with Gasteiger partial charge in [-0.2, -0.15) is 0 Å². The molecule has 5 aromatic rings. The number of aryl methyl sites for hydroxylation is 1. The van der Waals surface area contributed by atoms with Gasteiger partial charge in [0.15, 0.2) is 12.7 Å². The minimum absolute atomic E-state index is 0.170. The van der Waals surface area contributed by atoms with Crippen molar-refractivity contribution < 1.29 is 4.79 Å². The number of nitrogens with two attached hydrogens (primary N) is 1. The molecule has 39 heavy (non-hydrogen) atoms. The molecule has 0 aliphatic carbocycles. The van der Waals surface area contributed by atoms with Crippen LogP contribution in [0.15, 0.2) is 151 Å². The number of nitrogens with one attached hydrogen (secondary N) is 2. The summed E-state index contributed by atoms with van der Waals surface area (Å²) in [4.78, 5) is 13.8. The van der Waals surface area contributed by atoms with Gasteiger partial charge in [-0.25, -0.2) is 0 Å². The van der Waals surface area contributed by atoms with Crippen molar-refractivity contribution in [3.63, 3.8) is 0 Å². The highest BCUT2D eigenvalue weighted by Crippen LogP contribution is 2.61. The molecule has 0 saturated heterocycles. The highest BCUT2D eigenvalue weighted by atomic mass is 31.2. The van der Waals surface area contributed by atoms with Gasteiger partial charge in [0.2, 0.25) is 0 Å². The van der Waals surface area contributed by atoms with Crippen molar-refractivity contribution in [3.05, 3.63) is 162 Å². The maximum Gasteiger partial charge on any atom is 0.258 e. The van der Waals surface area contributed by atoms with Crippen LogP contribution in [0.4, 0.5) is 11.4 Å². The maximum atomic E-state index is 13.8. The van der Waals surface area contributed by atoms with E-state index >= 15 is 0 Å². The molecule has 5 heteroatoms. The van der Waals surface area contributed by atoms with Crippen molar-refractivity contribution >= 4 is 40.5 Å². The molecule has 4 N–H and O–H groups in total. The largest absolute Gasteiger partial charge is 0.397 e. The Kier molecular flexibility index (Phi) is 7.86. The lowest BCUT2D eigenvalue weighted by molar-refractivity contribution is 0.0968. The van der Waals surface area contributed by atoms with Crippen LogP contribution >= 0.6 is 7.26 Å². The van der Waals surface area contributed by atoms with Crippen LogP contribution in [0.1, 0.15) is 15.9 Å². The van der Waals surface area contributed by atoms with E-state index in [0.717, 1.165) is 32.6 Å². The summed E-state index contributed by atoms with van der Waals surface area (Å²) in [6.07, 6.45) is 1.92. The number of carbonyl (C=O) groups excluding carboxylic acids is 1. The standard InChI is InChI=1S/C34H30N3OP/c1-26-21-23-27(24-22-26)34(38)37-33(25-36-32-20-12-11-19-31(32)35)39(28-13-5-2-6-14-28,29-15-7-3-8-16-29)30-17-9-4-10-18-30/h2-25,36H,35H2,1H3/p+1/b33-25+. The zero-order valence-electron chi connectivity index (χ0n) is 21.8. The molecule has 4 nitrogen and oxygen atoms in total. The van der Waals surface area contributed by atoms with Crippen LogP contribution in [0.3, 0.4) is 0 Å². The van der Waals surface area contributed by atoms with Crippen molar-refractivity contribution in [2.45, 2.75) is 6.92 Å². The number of benzene rings is 5. The first-order valence-corrected chi connectivity index (χ1v) is 14.6. The van der Waals surface area contributed by atoms with E-state index < -0.39 is 7.26 Å². The summed E-state index contributed by atoms with van der Waals surface area (Å²) in [6.45, 7) is 2.01. The average Bonchev–Trinajstić information content (AvgIpc) is 2.99. The Morgan fingerprint density at radius 3 is 1.59 bits per heavy atom. The minimum Gasteiger partial charge on any atom is -0.397 e. The summed E-state index contributed by atoms with van der Waals surface area (Å²) < 4.78 is 0. The predicted molar refractivity (Wildman–Crippen MR) is 166 cm³/mol. The van der Waals surface area contributed by atoms with E-state index in [-0.39, 0.29) is 5.91 Å². The van der Waals surface area contributed by atoms with Gasteiger partial charge in [0, 0.05) is 5.56 Å². The molecule has 0 unspecified atom stereocenters. The third kappa shape index (κ3) is 5.47. The van der Waals surface area contributed by atoms with Gasteiger partial charge in [0.05, 0.1) is 17.6 Å². The zero-order valence-corrected chi connectivity index (χ0v) is 22.7. The lowest BCUT2D eigenvalue weighted by atomic mass is 10.1. The second-order valence-electron chi connectivity index (χ2n) is 9.26. The molecular weight excluding hydrogens is 497 g/mol. The molecule has 0 atom stereocenters. The quantitative estimate of drug-likeness (QED) is 0.166. The third-order valence-electron chi connectivity index (χ3n) is 6.67. The van der Waals surface area contributed by atoms with Crippen LogP contribution in [0.2, 0.25) is 0 Å². The van der Waals surface area contributed by atoms with Crippen LogP contribution < -0.4 is 32.3 Å². The average molecular weight is 529 g/mol. The number of rotatable bonds is 8. The van der Waals surface area contributed by atoms with Crippen LogP contribution in [0, 0.1) is 6.92 Å². The molecule has 0 bridgehead atoms. The molecule has 0 heterocycles. The van der Waals surface area contributed by atoms with Gasteiger partial charge >= 0.3 is 0 Å². The summed E-state index contributed by atoms with van der Waals surface area (Å²) >= 11 is 0. The van der Waals surface area contributed by atoms with Gasteiger partial charge in [0.25, 0.3) is 5.91 Å². The topological polar surface area (TPSA) is 67.2 Å². The van der Waals surface area contributed by atoms with E-state index in [2.05, 4.69) is 83.4 Å². The molecule has 0 aromatic heterocycles. The molecule has 1 amide bonds. The normalized spacial score (nSPS) is 11.6. The predicted octanol–water partition coefficient (Wildman–Crippen LogP) is 6.21. The van der Waals surface area contributed by atoms with Crippen LogP contribution in [-0.4, -0.2) is 5.91 Å². The van der Waals surface area contributed by atoms with E-state index in [9.17, 15) is 4.79 Å². The molecule has 0 fully saturated rings. The van der Waals surface area contributed by atoms with E-state index in [1.54, 1.807) is 0 Å². The van der Waals surface area contributed by atoms with Crippen molar-refractivity contribution in [3.8, 4) is 0 Å². The molecule has 5 aromatic carbocycles. The Morgan fingerprint density at radius 1 is 0.641 bits per heavy atom. The Bertz CT molecular complexity index is 1470. The van der Waals surface area contributed by atoms with Crippen molar-refractivity contribution in [2.75, 3.05) is 11.1 Å². The first-order valence-electron chi connectivity index (χ1n) is 12.8. The van der Waals surface area contributed by atoms with E-state index in [0.29, 0.717) is 11.3 Å². The van der Waals surface area contributed by atoms with Crippen molar-refractivity contribution in [2.24, 2.45) is 0 Å². The van der Waals surface area contributed by atoms with Crippen LogP contribution in [0.25, 0.3) is 0 Å². The Morgan fingerprint density at radius 2 is 1.10 bits per heavy atom. The van der Waals surface area contributed by atoms with Gasteiger partial charge in [0.1, 0.15) is 15.9 Å². The fraction of sp³-hybridized carbons (Fsp3) is 0.0294. The van der Waals surface area contributed by atoms with Crippen molar-refractivity contribution in [1.82, 2.24) is 5.32 Å². The number of nitrogen functional groups attached to an aromatic ring is 1. The van der Waals surface area contributed by atoms with Gasteiger partial charge in [-0.05, 0) is 67.6 Å². The lowest BCUT2D eigenvalue weighted by Gasteiger charge is -2.29. The van der Waals surface area contributed by atoms with E-state index in [1.165, 1.54) is 0 Å². The molecule has 192 valence electrons. The molecular formula is C34H31N3OP+. The first kappa shape index (κ1) is 26.0. The second kappa shape index (κ2) is 11.8. The number of hydrogen-bond acceptors (Lipinski definition) is 3. The van der Waals surface area contributed by atoms with Gasteiger partial charge in [-0.1, -0.05) is 84.4 Å². The summed E-state index contributed by atoms with van der Waals surface area (Å²) in [5.74, 6) is -0.170. The Labute approximate surface area is 230 Å². The van der Waals surface area contributed by atoms with Gasteiger partial charge in [-0.15, -0.1) is 0 Å². The SMILES string of the molecule is Cc1ccc(C(=O)N/C(=C\Nc2ccccc2N)[P+](c2ccccc2)(c2ccccc2)c2ccccc2)cc1. The Balaban J connectivity index is 1.77. The highest BCUT2D eigenvalue weighted by molar-refractivity contribution is 7.99. The Hall–Kier alpha value is -4.66.